The highest BCUT2D eigenvalue weighted by Crippen LogP contribution is 2.25. The van der Waals surface area contributed by atoms with Crippen molar-refractivity contribution in [3.05, 3.63) is 72.2 Å². The Morgan fingerprint density at radius 3 is 2.88 bits per heavy atom. The number of fused-ring (bicyclic) bond motifs is 1. The van der Waals surface area contributed by atoms with Gasteiger partial charge in [0.25, 0.3) is 0 Å². The third-order valence-corrected chi connectivity index (χ3v) is 4.94. The summed E-state index contributed by atoms with van der Waals surface area (Å²) in [5.41, 5.74) is 1.28. The molecule has 4 nitrogen and oxygen atoms in total. The van der Waals surface area contributed by atoms with Crippen LogP contribution in [0.3, 0.4) is 0 Å². The summed E-state index contributed by atoms with van der Waals surface area (Å²) >= 11 is 0. The van der Waals surface area contributed by atoms with Gasteiger partial charge in [0.05, 0.1) is 18.8 Å². The van der Waals surface area contributed by atoms with Crippen molar-refractivity contribution in [3.63, 3.8) is 0 Å². The molecule has 0 saturated carbocycles. The molecule has 2 aromatic carbocycles. The molecule has 1 saturated heterocycles. The molecule has 1 N–H and O–H groups in total. The summed E-state index contributed by atoms with van der Waals surface area (Å²) in [5, 5.41) is 5.52. The smallest absolute Gasteiger partial charge is 0.237 e. The molecule has 128 valence electrons. The minimum absolute atomic E-state index is 0.0612. The van der Waals surface area contributed by atoms with Gasteiger partial charge in [-0.25, -0.2) is 0 Å². The average Bonchev–Trinajstić information content (AvgIpc) is 3.32. The number of hydrogen-bond donors (Lipinski definition) is 1. The fourth-order valence-electron chi connectivity index (χ4n) is 3.67. The highest BCUT2D eigenvalue weighted by Gasteiger charge is 2.30. The van der Waals surface area contributed by atoms with Gasteiger partial charge in [0.1, 0.15) is 5.76 Å². The Labute approximate surface area is 147 Å². The van der Waals surface area contributed by atoms with Crippen LogP contribution in [0, 0.1) is 0 Å². The van der Waals surface area contributed by atoms with Gasteiger partial charge in [0.15, 0.2) is 0 Å². The summed E-state index contributed by atoms with van der Waals surface area (Å²) in [6.45, 7) is 2.21. The van der Waals surface area contributed by atoms with Crippen LogP contribution in [-0.2, 0) is 17.9 Å². The van der Waals surface area contributed by atoms with Gasteiger partial charge < -0.3 is 9.73 Å². The van der Waals surface area contributed by atoms with Gasteiger partial charge in [-0.1, -0.05) is 42.5 Å². The second kappa shape index (κ2) is 7.11. The minimum atomic E-state index is -0.0612. The number of likely N-dealkylation sites (tertiary alicyclic amines) is 1. The Hall–Kier alpha value is -2.59. The summed E-state index contributed by atoms with van der Waals surface area (Å²) < 4.78 is 5.29. The zero-order chi connectivity index (χ0) is 17.1. The molecule has 1 fully saturated rings. The Morgan fingerprint density at radius 1 is 1.12 bits per heavy atom. The number of nitrogens with zero attached hydrogens (tertiary/aromatic N) is 1. The van der Waals surface area contributed by atoms with E-state index in [-0.39, 0.29) is 11.9 Å². The van der Waals surface area contributed by atoms with E-state index in [0.29, 0.717) is 6.54 Å². The van der Waals surface area contributed by atoms with E-state index in [1.807, 2.05) is 12.1 Å². The van der Waals surface area contributed by atoms with Crippen LogP contribution < -0.4 is 5.32 Å². The Morgan fingerprint density at radius 2 is 2.00 bits per heavy atom. The molecule has 0 radical (unpaired) electrons. The van der Waals surface area contributed by atoms with Crippen LogP contribution in [0.4, 0.5) is 0 Å². The molecule has 1 aromatic heterocycles. The molecule has 0 aliphatic carbocycles. The molecule has 4 heteroatoms. The van der Waals surface area contributed by atoms with E-state index in [1.165, 1.54) is 16.3 Å². The second-order valence-electron chi connectivity index (χ2n) is 6.56. The first-order valence-corrected chi connectivity index (χ1v) is 8.82. The predicted molar refractivity (Wildman–Crippen MR) is 97.9 cm³/mol. The van der Waals surface area contributed by atoms with Crippen molar-refractivity contribution in [2.45, 2.75) is 32.0 Å². The van der Waals surface area contributed by atoms with E-state index < -0.39 is 0 Å². The largest absolute Gasteiger partial charge is 0.467 e. The van der Waals surface area contributed by atoms with Gasteiger partial charge in [-0.15, -0.1) is 0 Å². The number of carbonyl (C=O) groups excluding carboxylic acids is 1. The lowest BCUT2D eigenvalue weighted by molar-refractivity contribution is -0.125. The number of furan rings is 1. The fourth-order valence-corrected chi connectivity index (χ4v) is 3.67. The Balaban J connectivity index is 1.46. The summed E-state index contributed by atoms with van der Waals surface area (Å²) in [7, 11) is 0. The summed E-state index contributed by atoms with van der Waals surface area (Å²) in [6.07, 6.45) is 3.60. The van der Waals surface area contributed by atoms with Crippen LogP contribution in [0.15, 0.2) is 65.3 Å². The van der Waals surface area contributed by atoms with Crippen molar-refractivity contribution in [2.24, 2.45) is 0 Å². The van der Waals surface area contributed by atoms with E-state index in [1.54, 1.807) is 6.26 Å². The number of benzene rings is 2. The molecule has 0 spiro atoms. The van der Waals surface area contributed by atoms with Gasteiger partial charge in [-0.05, 0) is 47.9 Å². The molecule has 1 aliphatic heterocycles. The number of nitrogens with one attached hydrogen (secondary N) is 1. The van der Waals surface area contributed by atoms with Crippen LogP contribution in [0.25, 0.3) is 10.8 Å². The monoisotopic (exact) mass is 334 g/mol. The van der Waals surface area contributed by atoms with E-state index in [0.717, 1.165) is 31.7 Å². The fraction of sp³-hybridized carbons (Fsp3) is 0.286. The molecule has 1 aliphatic rings. The van der Waals surface area contributed by atoms with E-state index in [9.17, 15) is 4.79 Å². The van der Waals surface area contributed by atoms with E-state index >= 15 is 0 Å². The molecule has 3 aromatic rings. The van der Waals surface area contributed by atoms with Crippen LogP contribution in [0.5, 0.6) is 0 Å². The van der Waals surface area contributed by atoms with E-state index in [2.05, 4.69) is 52.7 Å². The number of amides is 1. The first-order valence-electron chi connectivity index (χ1n) is 8.82. The highest BCUT2D eigenvalue weighted by atomic mass is 16.3. The maximum absolute atomic E-state index is 12.6. The number of hydrogen-bond acceptors (Lipinski definition) is 3. The van der Waals surface area contributed by atoms with Crippen LogP contribution in [-0.4, -0.2) is 23.4 Å². The molecule has 1 atom stereocenters. The van der Waals surface area contributed by atoms with Crippen molar-refractivity contribution in [3.8, 4) is 0 Å². The lowest BCUT2D eigenvalue weighted by Gasteiger charge is -2.24. The van der Waals surface area contributed by atoms with Crippen molar-refractivity contribution < 1.29 is 9.21 Å². The summed E-state index contributed by atoms with van der Waals surface area (Å²) in [5.74, 6) is 0.876. The van der Waals surface area contributed by atoms with Gasteiger partial charge in [0.2, 0.25) is 5.91 Å². The lowest BCUT2D eigenvalue weighted by Crippen LogP contribution is -2.42. The second-order valence-corrected chi connectivity index (χ2v) is 6.56. The number of rotatable bonds is 5. The maximum Gasteiger partial charge on any atom is 0.237 e. The predicted octanol–water partition coefficient (Wildman–Crippen LogP) is 3.71. The quantitative estimate of drug-likeness (QED) is 0.773. The van der Waals surface area contributed by atoms with Crippen molar-refractivity contribution in [2.75, 3.05) is 6.54 Å². The van der Waals surface area contributed by atoms with E-state index in [4.69, 9.17) is 4.42 Å². The van der Waals surface area contributed by atoms with Crippen molar-refractivity contribution in [1.29, 1.82) is 0 Å². The SMILES string of the molecule is O=C(NCc1ccco1)C1CCCN1Cc1cccc2ccccc12. The molecular formula is C21H22N2O2. The van der Waals surface area contributed by atoms with Gasteiger partial charge in [-0.2, -0.15) is 0 Å². The van der Waals surface area contributed by atoms with Gasteiger partial charge in [0, 0.05) is 6.54 Å². The normalized spacial score (nSPS) is 17.8. The standard InChI is InChI=1S/C21H22N2O2/c24-21(22-14-18-9-5-13-25-18)20-11-4-12-23(20)15-17-8-3-7-16-6-1-2-10-19(16)17/h1-3,5-10,13,20H,4,11-12,14-15H2,(H,22,24). The zero-order valence-electron chi connectivity index (χ0n) is 14.2. The van der Waals surface area contributed by atoms with Crippen LogP contribution in [0.2, 0.25) is 0 Å². The van der Waals surface area contributed by atoms with Crippen LogP contribution in [0.1, 0.15) is 24.2 Å². The molecule has 0 bridgehead atoms. The average molecular weight is 334 g/mol. The first kappa shape index (κ1) is 15.9. The third-order valence-electron chi connectivity index (χ3n) is 4.94. The lowest BCUT2D eigenvalue weighted by atomic mass is 10.0. The molecule has 1 unspecified atom stereocenters. The van der Waals surface area contributed by atoms with Crippen LogP contribution >= 0.6 is 0 Å². The van der Waals surface area contributed by atoms with Gasteiger partial charge in [-0.3, -0.25) is 9.69 Å². The summed E-state index contributed by atoms with van der Waals surface area (Å²) in [6, 6.07) is 18.5. The maximum atomic E-state index is 12.6. The molecule has 25 heavy (non-hydrogen) atoms. The van der Waals surface area contributed by atoms with Crippen molar-refractivity contribution >= 4 is 16.7 Å². The van der Waals surface area contributed by atoms with Crippen molar-refractivity contribution in [1.82, 2.24) is 10.2 Å². The first-order chi connectivity index (χ1) is 12.3. The highest BCUT2D eigenvalue weighted by molar-refractivity contribution is 5.86. The summed E-state index contributed by atoms with van der Waals surface area (Å²) in [4.78, 5) is 14.9. The molecule has 1 amide bonds. The topological polar surface area (TPSA) is 45.5 Å². The zero-order valence-corrected chi connectivity index (χ0v) is 14.2. The molecule has 4 rings (SSSR count). The minimum Gasteiger partial charge on any atom is -0.467 e. The molecular weight excluding hydrogens is 312 g/mol. The number of carbonyl (C=O) groups is 1. The molecule has 2 heterocycles. The van der Waals surface area contributed by atoms with Gasteiger partial charge >= 0.3 is 0 Å². The Bertz CT molecular complexity index is 852. The third kappa shape index (κ3) is 3.44. The Kier molecular flexibility index (Phi) is 4.53.